The van der Waals surface area contributed by atoms with Crippen LogP contribution in [0.15, 0.2) is 16.6 Å². The minimum absolute atomic E-state index is 0.0793. The van der Waals surface area contributed by atoms with E-state index in [1.165, 1.54) is 0 Å². The zero-order chi connectivity index (χ0) is 11.2. The lowest BCUT2D eigenvalue weighted by Gasteiger charge is -1.96. The maximum Gasteiger partial charge on any atom is 0.176 e. The van der Waals surface area contributed by atoms with E-state index in [9.17, 15) is 4.79 Å². The van der Waals surface area contributed by atoms with E-state index in [2.05, 4.69) is 43.5 Å². The van der Waals surface area contributed by atoms with Gasteiger partial charge in [-0.2, -0.15) is 0 Å². The Morgan fingerprint density at radius 3 is 2.73 bits per heavy atom. The number of benzene rings is 1. The second-order valence-electron chi connectivity index (χ2n) is 3.49. The van der Waals surface area contributed by atoms with Gasteiger partial charge >= 0.3 is 0 Å². The number of aryl methyl sites for hydroxylation is 1. The quantitative estimate of drug-likeness (QED) is 0.590. The summed E-state index contributed by atoms with van der Waals surface area (Å²) in [7, 11) is 0. The third kappa shape index (κ3) is 1.85. The Balaban J connectivity index is 2.88. The van der Waals surface area contributed by atoms with Gasteiger partial charge in [-0.1, -0.05) is 15.9 Å². The Bertz CT molecular complexity index is 559. The average molecular weight is 378 g/mol. The number of hydrogen-bond acceptors (Lipinski definition) is 1. The molecular weight excluding hydrogens is 369 g/mol. The summed E-state index contributed by atoms with van der Waals surface area (Å²) in [6.45, 7) is 3.55. The Morgan fingerprint density at radius 1 is 1.47 bits per heavy atom. The lowest BCUT2D eigenvalue weighted by molar-refractivity contribution is 0.101. The largest absolute Gasteiger partial charge is 0.351 e. The van der Waals surface area contributed by atoms with Crippen LogP contribution in [0.5, 0.6) is 0 Å². The molecule has 0 bridgehead atoms. The number of H-pyrrole nitrogens is 1. The molecule has 0 aliphatic rings. The summed E-state index contributed by atoms with van der Waals surface area (Å²) >= 11 is 5.72. The Labute approximate surface area is 110 Å². The minimum Gasteiger partial charge on any atom is -0.351 e. The fraction of sp³-hybridized carbons (Fsp3) is 0.182. The van der Waals surface area contributed by atoms with Gasteiger partial charge in [-0.25, -0.2) is 0 Å². The van der Waals surface area contributed by atoms with E-state index in [4.69, 9.17) is 0 Å². The number of fused-ring (bicyclic) bond motifs is 1. The standard InChI is InChI=1S/C11H9BrINO/c1-5-8-3-7(12)4-9(13)11(8)14-10(5)6(2)15/h3-4,14H,1-2H3. The van der Waals surface area contributed by atoms with Crippen LogP contribution in [-0.2, 0) is 0 Å². The molecule has 0 saturated carbocycles. The van der Waals surface area contributed by atoms with Crippen molar-refractivity contribution >= 4 is 55.2 Å². The van der Waals surface area contributed by atoms with Gasteiger partial charge in [0.05, 0.1) is 11.2 Å². The molecule has 78 valence electrons. The van der Waals surface area contributed by atoms with Gasteiger partial charge in [0.2, 0.25) is 0 Å². The number of carbonyl (C=O) groups excluding carboxylic acids is 1. The second kappa shape index (κ2) is 3.90. The van der Waals surface area contributed by atoms with Crippen LogP contribution in [0.1, 0.15) is 23.0 Å². The first-order valence-electron chi connectivity index (χ1n) is 4.49. The van der Waals surface area contributed by atoms with E-state index in [-0.39, 0.29) is 5.78 Å². The highest BCUT2D eigenvalue weighted by Crippen LogP contribution is 2.29. The smallest absolute Gasteiger partial charge is 0.176 e. The molecule has 2 nitrogen and oxygen atoms in total. The molecule has 0 aliphatic carbocycles. The summed E-state index contributed by atoms with van der Waals surface area (Å²) < 4.78 is 2.16. The van der Waals surface area contributed by atoms with Gasteiger partial charge in [-0.15, -0.1) is 0 Å². The number of ketones is 1. The third-order valence-corrected chi connectivity index (χ3v) is 3.74. The molecule has 0 atom stereocenters. The van der Waals surface area contributed by atoms with E-state index in [0.717, 1.165) is 24.5 Å². The van der Waals surface area contributed by atoms with Gasteiger partial charge in [0.15, 0.2) is 5.78 Å². The van der Waals surface area contributed by atoms with Gasteiger partial charge in [0, 0.05) is 20.4 Å². The van der Waals surface area contributed by atoms with Gasteiger partial charge < -0.3 is 4.98 Å². The first kappa shape index (κ1) is 11.1. The van der Waals surface area contributed by atoms with E-state index in [1.807, 2.05) is 19.1 Å². The third-order valence-electron chi connectivity index (χ3n) is 2.44. The molecule has 0 fully saturated rings. The molecule has 1 aromatic carbocycles. The molecule has 1 heterocycles. The second-order valence-corrected chi connectivity index (χ2v) is 5.57. The van der Waals surface area contributed by atoms with Gasteiger partial charge in [-0.3, -0.25) is 4.79 Å². The highest BCUT2D eigenvalue weighted by atomic mass is 127. The van der Waals surface area contributed by atoms with E-state index >= 15 is 0 Å². The molecule has 1 aromatic heterocycles. The van der Waals surface area contributed by atoms with Crippen molar-refractivity contribution in [1.29, 1.82) is 0 Å². The van der Waals surface area contributed by atoms with Crippen LogP contribution >= 0.6 is 38.5 Å². The number of aromatic amines is 1. The summed E-state index contributed by atoms with van der Waals surface area (Å²) in [5, 5.41) is 1.11. The molecule has 2 aromatic rings. The highest BCUT2D eigenvalue weighted by molar-refractivity contribution is 14.1. The van der Waals surface area contributed by atoms with Crippen molar-refractivity contribution in [2.24, 2.45) is 0 Å². The van der Waals surface area contributed by atoms with Crippen molar-refractivity contribution < 1.29 is 4.79 Å². The van der Waals surface area contributed by atoms with Crippen molar-refractivity contribution in [3.05, 3.63) is 31.4 Å². The number of nitrogens with one attached hydrogen (secondary N) is 1. The number of aromatic nitrogens is 1. The SMILES string of the molecule is CC(=O)c1[nH]c2c(I)cc(Br)cc2c1C. The maximum atomic E-state index is 11.4. The molecule has 15 heavy (non-hydrogen) atoms. The molecule has 4 heteroatoms. The topological polar surface area (TPSA) is 32.9 Å². The summed E-state index contributed by atoms with van der Waals surface area (Å²) in [5.74, 6) is 0.0793. The minimum atomic E-state index is 0.0793. The van der Waals surface area contributed by atoms with Gasteiger partial charge in [-0.05, 0) is 47.2 Å². The molecular formula is C11H9BrINO. The van der Waals surface area contributed by atoms with Crippen molar-refractivity contribution in [2.75, 3.05) is 0 Å². The van der Waals surface area contributed by atoms with Gasteiger partial charge in [0.1, 0.15) is 0 Å². The van der Waals surface area contributed by atoms with Crippen molar-refractivity contribution in [2.45, 2.75) is 13.8 Å². The Morgan fingerprint density at radius 2 is 2.13 bits per heavy atom. The van der Waals surface area contributed by atoms with Crippen LogP contribution in [0, 0.1) is 10.5 Å². The first-order chi connectivity index (χ1) is 7.00. The molecule has 0 saturated heterocycles. The molecule has 0 radical (unpaired) electrons. The average Bonchev–Trinajstić information content (AvgIpc) is 2.44. The molecule has 0 amide bonds. The number of hydrogen-bond donors (Lipinski definition) is 1. The van der Waals surface area contributed by atoms with Crippen LogP contribution in [-0.4, -0.2) is 10.8 Å². The lowest BCUT2D eigenvalue weighted by atomic mass is 10.1. The van der Waals surface area contributed by atoms with Crippen LogP contribution in [0.3, 0.4) is 0 Å². The molecule has 0 spiro atoms. The summed E-state index contributed by atoms with van der Waals surface area (Å²) in [4.78, 5) is 14.6. The van der Waals surface area contributed by atoms with Crippen molar-refractivity contribution in [1.82, 2.24) is 4.98 Å². The number of carbonyl (C=O) groups is 1. The summed E-state index contributed by atoms with van der Waals surface area (Å²) in [5.41, 5.74) is 2.78. The normalized spacial score (nSPS) is 10.9. The van der Waals surface area contributed by atoms with E-state index < -0.39 is 0 Å². The Hall–Kier alpha value is -0.360. The summed E-state index contributed by atoms with van der Waals surface area (Å²) in [6, 6.07) is 4.07. The zero-order valence-electron chi connectivity index (χ0n) is 8.32. The Kier molecular flexibility index (Phi) is 2.89. The molecule has 0 unspecified atom stereocenters. The van der Waals surface area contributed by atoms with Crippen LogP contribution in [0.2, 0.25) is 0 Å². The van der Waals surface area contributed by atoms with Crippen molar-refractivity contribution in [3.8, 4) is 0 Å². The predicted molar refractivity (Wildman–Crippen MR) is 73.5 cm³/mol. The van der Waals surface area contributed by atoms with Crippen molar-refractivity contribution in [3.63, 3.8) is 0 Å². The maximum absolute atomic E-state index is 11.4. The molecule has 1 N–H and O–H groups in total. The number of rotatable bonds is 1. The number of Topliss-reactive ketones (excluding diaryl/α,β-unsaturated/α-hetero) is 1. The highest BCUT2D eigenvalue weighted by Gasteiger charge is 2.13. The van der Waals surface area contributed by atoms with Gasteiger partial charge in [0.25, 0.3) is 0 Å². The predicted octanol–water partition coefficient (Wildman–Crippen LogP) is 4.05. The molecule has 2 rings (SSSR count). The monoisotopic (exact) mass is 377 g/mol. The fourth-order valence-electron chi connectivity index (χ4n) is 1.70. The number of halogens is 2. The summed E-state index contributed by atoms with van der Waals surface area (Å²) in [6.07, 6.45) is 0. The van der Waals surface area contributed by atoms with Crippen LogP contribution in [0.4, 0.5) is 0 Å². The molecule has 0 aliphatic heterocycles. The van der Waals surface area contributed by atoms with E-state index in [0.29, 0.717) is 5.69 Å². The lowest BCUT2D eigenvalue weighted by Crippen LogP contribution is -1.93. The first-order valence-corrected chi connectivity index (χ1v) is 6.36. The van der Waals surface area contributed by atoms with Crippen LogP contribution < -0.4 is 0 Å². The van der Waals surface area contributed by atoms with E-state index in [1.54, 1.807) is 6.92 Å². The zero-order valence-corrected chi connectivity index (χ0v) is 12.1. The fourth-order valence-corrected chi connectivity index (χ4v) is 3.35. The van der Waals surface area contributed by atoms with Crippen LogP contribution in [0.25, 0.3) is 10.9 Å².